The highest BCUT2D eigenvalue weighted by molar-refractivity contribution is 5.90. The van der Waals surface area contributed by atoms with Gasteiger partial charge < -0.3 is 10.4 Å². The van der Waals surface area contributed by atoms with Gasteiger partial charge in [0.05, 0.1) is 11.6 Å². The van der Waals surface area contributed by atoms with Crippen LogP contribution in [-0.4, -0.2) is 42.5 Å². The third-order valence-electron chi connectivity index (χ3n) is 2.89. The molecule has 0 saturated carbocycles. The topological polar surface area (TPSA) is 92.9 Å². The Morgan fingerprint density at radius 2 is 2.05 bits per heavy atom. The molecule has 10 heteroatoms. The Labute approximate surface area is 110 Å². The predicted molar refractivity (Wildman–Crippen MR) is 62.0 cm³/mol. The first kappa shape index (κ1) is 14.0. The fourth-order valence-corrected chi connectivity index (χ4v) is 1.54. The maximum Gasteiger partial charge on any atom is 0.422 e. The van der Waals surface area contributed by atoms with Crippen LogP contribution in [0.4, 0.5) is 19.0 Å². The molecule has 1 unspecified atom stereocenters. The van der Waals surface area contributed by atoms with Gasteiger partial charge in [-0.05, 0) is 6.92 Å². The normalized spacial score (nSPS) is 15.1. The number of carbonyl (C=O) groups is 1. The lowest BCUT2D eigenvalue weighted by Gasteiger charge is -2.29. The largest absolute Gasteiger partial charge is 0.479 e. The Hall–Kier alpha value is -2.39. The maximum absolute atomic E-state index is 12.9. The summed E-state index contributed by atoms with van der Waals surface area (Å²) in [7, 11) is 1.55. The monoisotopic (exact) mass is 289 g/mol. The molecule has 1 atom stereocenters. The lowest BCUT2D eigenvalue weighted by atomic mass is 10.0. The van der Waals surface area contributed by atoms with Gasteiger partial charge in [0.25, 0.3) is 0 Å². The van der Waals surface area contributed by atoms with Crippen molar-refractivity contribution in [2.24, 2.45) is 7.05 Å². The summed E-state index contributed by atoms with van der Waals surface area (Å²) in [6.45, 7) is 0.527. The van der Waals surface area contributed by atoms with Crippen LogP contribution in [0.3, 0.4) is 0 Å². The van der Waals surface area contributed by atoms with Crippen LogP contribution in [0.2, 0.25) is 0 Å². The number of hydrogen-bond donors (Lipinski definition) is 2. The summed E-state index contributed by atoms with van der Waals surface area (Å²) in [5.41, 5.74) is -2.87. The van der Waals surface area contributed by atoms with Gasteiger partial charge in [0.15, 0.2) is 5.65 Å². The van der Waals surface area contributed by atoms with E-state index < -0.39 is 17.7 Å². The summed E-state index contributed by atoms with van der Waals surface area (Å²) < 4.78 is 40.2. The van der Waals surface area contributed by atoms with Crippen molar-refractivity contribution in [3.63, 3.8) is 0 Å². The Kier molecular flexibility index (Phi) is 3.03. The van der Waals surface area contributed by atoms with E-state index in [1.807, 2.05) is 5.32 Å². The molecule has 2 aromatic heterocycles. The van der Waals surface area contributed by atoms with Crippen LogP contribution in [0.25, 0.3) is 11.0 Å². The van der Waals surface area contributed by atoms with E-state index in [4.69, 9.17) is 5.11 Å². The van der Waals surface area contributed by atoms with Gasteiger partial charge in [-0.1, -0.05) is 0 Å². The summed E-state index contributed by atoms with van der Waals surface area (Å²) >= 11 is 0. The van der Waals surface area contributed by atoms with Crippen LogP contribution < -0.4 is 5.32 Å². The Balaban J connectivity index is 2.53. The lowest BCUT2D eigenvalue weighted by molar-refractivity contribution is -0.192. The number of alkyl halides is 3. The standard InChI is InChI=1S/C10H10F3N5O2/c1-9(8(19)20,10(11,12)13)17-6-5-3-16-18(2)7(5)15-4-14-6/h3-4H,1-2H3,(H,19,20)(H,14,15,17). The summed E-state index contributed by atoms with van der Waals surface area (Å²) in [5, 5.41) is 14.8. The van der Waals surface area contributed by atoms with Crippen molar-refractivity contribution in [1.29, 1.82) is 0 Å². The van der Waals surface area contributed by atoms with Crippen LogP contribution in [0.5, 0.6) is 0 Å². The first-order valence-electron chi connectivity index (χ1n) is 5.38. The van der Waals surface area contributed by atoms with E-state index >= 15 is 0 Å². The number of carboxylic acids is 1. The smallest absolute Gasteiger partial charge is 0.422 e. The minimum Gasteiger partial charge on any atom is -0.479 e. The van der Waals surface area contributed by atoms with Crippen molar-refractivity contribution in [3.05, 3.63) is 12.5 Å². The Morgan fingerprint density at radius 1 is 1.40 bits per heavy atom. The van der Waals surface area contributed by atoms with Gasteiger partial charge in [-0.15, -0.1) is 0 Å². The number of fused-ring (bicyclic) bond motifs is 1. The average Bonchev–Trinajstić information content (AvgIpc) is 2.71. The first-order chi connectivity index (χ1) is 9.17. The highest BCUT2D eigenvalue weighted by Gasteiger charge is 2.58. The van der Waals surface area contributed by atoms with Crippen molar-refractivity contribution < 1.29 is 23.1 Å². The molecule has 0 amide bonds. The molecule has 2 aromatic rings. The first-order valence-corrected chi connectivity index (χ1v) is 5.38. The van der Waals surface area contributed by atoms with Gasteiger partial charge in [-0.3, -0.25) is 4.68 Å². The molecular formula is C10H10F3N5O2. The zero-order valence-electron chi connectivity index (χ0n) is 10.4. The molecular weight excluding hydrogens is 279 g/mol. The second kappa shape index (κ2) is 4.32. The van der Waals surface area contributed by atoms with Gasteiger partial charge in [-0.2, -0.15) is 18.3 Å². The summed E-state index contributed by atoms with van der Waals surface area (Å²) in [6.07, 6.45) is -2.71. The minimum atomic E-state index is -5.00. The van der Waals surface area contributed by atoms with Crippen molar-refractivity contribution >= 4 is 22.8 Å². The average molecular weight is 289 g/mol. The van der Waals surface area contributed by atoms with Gasteiger partial charge in [0.1, 0.15) is 12.1 Å². The zero-order valence-corrected chi connectivity index (χ0v) is 10.4. The maximum atomic E-state index is 12.9. The third-order valence-corrected chi connectivity index (χ3v) is 2.89. The number of aliphatic carboxylic acids is 1. The molecule has 0 fully saturated rings. The number of rotatable bonds is 3. The van der Waals surface area contributed by atoms with Gasteiger partial charge in [0, 0.05) is 7.05 Å². The highest BCUT2D eigenvalue weighted by atomic mass is 19.4. The molecule has 0 radical (unpaired) electrons. The van der Waals surface area contributed by atoms with E-state index in [0.717, 1.165) is 6.33 Å². The number of halogens is 3. The van der Waals surface area contributed by atoms with Crippen molar-refractivity contribution in [2.45, 2.75) is 18.6 Å². The molecule has 0 aromatic carbocycles. The number of aryl methyl sites for hydroxylation is 1. The molecule has 0 aliphatic carbocycles. The number of aromatic nitrogens is 4. The van der Waals surface area contributed by atoms with Crippen LogP contribution in [0.15, 0.2) is 12.5 Å². The Morgan fingerprint density at radius 3 is 2.60 bits per heavy atom. The quantitative estimate of drug-likeness (QED) is 0.881. The molecule has 0 bridgehead atoms. The van der Waals surface area contributed by atoms with Gasteiger partial charge in [0.2, 0.25) is 5.54 Å². The molecule has 0 aliphatic rings. The number of nitrogens with one attached hydrogen (secondary N) is 1. The van der Waals surface area contributed by atoms with Gasteiger partial charge in [-0.25, -0.2) is 14.8 Å². The third kappa shape index (κ3) is 2.02. The highest BCUT2D eigenvalue weighted by Crippen LogP contribution is 2.34. The lowest BCUT2D eigenvalue weighted by Crippen LogP contribution is -2.55. The minimum absolute atomic E-state index is 0.201. The van der Waals surface area contributed by atoms with E-state index in [-0.39, 0.29) is 16.9 Å². The molecule has 0 aliphatic heterocycles. The predicted octanol–water partition coefficient (Wildman–Crippen LogP) is 1.18. The fourth-order valence-electron chi connectivity index (χ4n) is 1.54. The van der Waals surface area contributed by atoms with E-state index in [1.54, 1.807) is 7.05 Å². The van der Waals surface area contributed by atoms with E-state index in [0.29, 0.717) is 6.92 Å². The number of anilines is 1. The SMILES string of the molecule is Cn1ncc2c(NC(C)(C(=O)O)C(F)(F)F)ncnc21. The van der Waals surface area contributed by atoms with Gasteiger partial charge >= 0.3 is 12.1 Å². The van der Waals surface area contributed by atoms with Crippen molar-refractivity contribution in [3.8, 4) is 0 Å². The molecule has 2 rings (SSSR count). The molecule has 2 heterocycles. The molecule has 0 spiro atoms. The van der Waals surface area contributed by atoms with Crippen LogP contribution in [0.1, 0.15) is 6.92 Å². The molecule has 2 N–H and O–H groups in total. The molecule has 7 nitrogen and oxygen atoms in total. The van der Waals surface area contributed by atoms with Crippen LogP contribution in [-0.2, 0) is 11.8 Å². The number of carboxylic acid groups (broad SMARTS) is 1. The van der Waals surface area contributed by atoms with E-state index in [9.17, 15) is 18.0 Å². The fraction of sp³-hybridized carbons (Fsp3) is 0.400. The summed E-state index contributed by atoms with van der Waals surface area (Å²) in [5.74, 6) is -2.30. The Bertz CT molecular complexity index is 668. The number of hydrogen-bond acceptors (Lipinski definition) is 5. The second-order valence-electron chi connectivity index (χ2n) is 4.28. The molecule has 20 heavy (non-hydrogen) atoms. The van der Waals surface area contributed by atoms with E-state index in [1.165, 1.54) is 10.9 Å². The summed E-state index contributed by atoms with van der Waals surface area (Å²) in [6, 6.07) is 0. The summed E-state index contributed by atoms with van der Waals surface area (Å²) in [4.78, 5) is 18.5. The molecule has 0 saturated heterocycles. The van der Waals surface area contributed by atoms with Crippen molar-refractivity contribution in [1.82, 2.24) is 19.7 Å². The van der Waals surface area contributed by atoms with Crippen LogP contribution >= 0.6 is 0 Å². The second-order valence-corrected chi connectivity index (χ2v) is 4.28. The molecule has 108 valence electrons. The van der Waals surface area contributed by atoms with Crippen molar-refractivity contribution in [2.75, 3.05) is 5.32 Å². The van der Waals surface area contributed by atoms with E-state index in [2.05, 4.69) is 15.1 Å². The van der Waals surface area contributed by atoms with Crippen LogP contribution in [0, 0.1) is 0 Å². The zero-order chi connectivity index (χ0) is 15.1. The number of nitrogens with zero attached hydrogens (tertiary/aromatic N) is 4.